The first kappa shape index (κ1) is 22.5. The Labute approximate surface area is 226 Å². The van der Waals surface area contributed by atoms with E-state index in [0.717, 1.165) is 11.4 Å². The molecule has 0 fully saturated rings. The van der Waals surface area contributed by atoms with Crippen LogP contribution in [0.3, 0.4) is 0 Å². The van der Waals surface area contributed by atoms with Crippen LogP contribution in [0.5, 0.6) is 0 Å². The number of thiophene rings is 1. The second-order valence-electron chi connectivity index (χ2n) is 9.45. The Balaban J connectivity index is 1.48. The molecule has 0 bridgehead atoms. The van der Waals surface area contributed by atoms with Gasteiger partial charge in [-0.25, -0.2) is 0 Å². The molecule has 180 valence electrons. The van der Waals surface area contributed by atoms with Crippen molar-refractivity contribution in [3.63, 3.8) is 0 Å². The summed E-state index contributed by atoms with van der Waals surface area (Å²) in [5.41, 5.74) is 9.50. The Hall–Kier alpha value is -4.66. The quantitative estimate of drug-likeness (QED) is 0.246. The highest BCUT2D eigenvalue weighted by Gasteiger charge is 2.20. The Morgan fingerprint density at radius 1 is 0.447 bits per heavy atom. The van der Waals surface area contributed by atoms with Gasteiger partial charge in [-0.3, -0.25) is 0 Å². The second-order valence-corrected chi connectivity index (χ2v) is 10.5. The van der Waals surface area contributed by atoms with Gasteiger partial charge >= 0.3 is 0 Å². The summed E-state index contributed by atoms with van der Waals surface area (Å²) in [6.45, 7) is 0. The largest absolute Gasteiger partial charge is 0.354 e. The SMILES string of the molecule is c1ccc(-c2ccc(Nc3c(-c4ccccc4)cc4c(sc5ccccc54)c3-c3ccccc3)cc2)cc1. The van der Waals surface area contributed by atoms with Gasteiger partial charge in [0.25, 0.3) is 0 Å². The summed E-state index contributed by atoms with van der Waals surface area (Å²) in [5.74, 6) is 0. The lowest BCUT2D eigenvalue weighted by Gasteiger charge is -2.19. The highest BCUT2D eigenvalue weighted by molar-refractivity contribution is 7.26. The van der Waals surface area contributed by atoms with Crippen LogP contribution in [-0.4, -0.2) is 0 Å². The summed E-state index contributed by atoms with van der Waals surface area (Å²) in [5, 5.41) is 6.47. The lowest BCUT2D eigenvalue weighted by molar-refractivity contribution is 1.54. The minimum Gasteiger partial charge on any atom is -0.354 e. The van der Waals surface area contributed by atoms with Gasteiger partial charge in [0.1, 0.15) is 0 Å². The van der Waals surface area contributed by atoms with E-state index in [1.54, 1.807) is 0 Å². The van der Waals surface area contributed by atoms with Gasteiger partial charge in [0.2, 0.25) is 0 Å². The van der Waals surface area contributed by atoms with Crippen molar-refractivity contribution in [1.82, 2.24) is 0 Å². The summed E-state index contributed by atoms with van der Waals surface area (Å²) in [7, 11) is 0. The molecule has 7 rings (SSSR count). The van der Waals surface area contributed by atoms with Gasteiger partial charge in [0, 0.05) is 37.0 Å². The lowest BCUT2D eigenvalue weighted by Crippen LogP contribution is -1.97. The van der Waals surface area contributed by atoms with E-state index in [1.807, 2.05) is 11.3 Å². The third kappa shape index (κ3) is 4.06. The predicted octanol–water partition coefficient (Wildman–Crippen LogP) is 10.8. The molecule has 0 saturated heterocycles. The zero-order valence-electron chi connectivity index (χ0n) is 20.8. The van der Waals surface area contributed by atoms with E-state index in [-0.39, 0.29) is 0 Å². The van der Waals surface area contributed by atoms with Crippen molar-refractivity contribution in [3.05, 3.63) is 146 Å². The summed E-state index contributed by atoms with van der Waals surface area (Å²) < 4.78 is 2.61. The van der Waals surface area contributed by atoms with Gasteiger partial charge in [0.15, 0.2) is 0 Å². The standard InChI is InChI=1S/C36H25NS/c1-4-12-25(13-5-1)26-20-22-29(23-21-26)37-35-31(27-14-6-2-7-15-27)24-32-30-18-10-11-19-33(30)38-36(32)34(35)28-16-8-3-9-17-28/h1-24,37H. The van der Waals surface area contributed by atoms with Crippen molar-refractivity contribution in [2.75, 3.05) is 5.32 Å². The third-order valence-corrected chi connectivity index (χ3v) is 8.28. The van der Waals surface area contributed by atoms with Crippen LogP contribution in [0.2, 0.25) is 0 Å². The fourth-order valence-electron chi connectivity index (χ4n) is 5.24. The van der Waals surface area contributed by atoms with Crippen molar-refractivity contribution in [3.8, 4) is 33.4 Å². The molecular weight excluding hydrogens is 478 g/mol. The first-order chi connectivity index (χ1) is 18.8. The molecule has 1 aromatic heterocycles. The third-order valence-electron chi connectivity index (χ3n) is 7.08. The molecule has 6 aromatic carbocycles. The van der Waals surface area contributed by atoms with Gasteiger partial charge in [-0.15, -0.1) is 11.3 Å². The maximum absolute atomic E-state index is 3.86. The molecule has 1 N–H and O–H groups in total. The molecule has 0 aliphatic heterocycles. The second kappa shape index (κ2) is 9.66. The number of hydrogen-bond donors (Lipinski definition) is 1. The van der Waals surface area contributed by atoms with Crippen LogP contribution in [0.15, 0.2) is 146 Å². The van der Waals surface area contributed by atoms with Gasteiger partial charge in [-0.1, -0.05) is 121 Å². The molecule has 2 heteroatoms. The molecule has 0 aliphatic carbocycles. The summed E-state index contributed by atoms with van der Waals surface area (Å²) in [6, 6.07) is 51.9. The van der Waals surface area contributed by atoms with Crippen LogP contribution >= 0.6 is 11.3 Å². The van der Waals surface area contributed by atoms with E-state index in [0.29, 0.717) is 0 Å². The number of benzene rings is 6. The molecule has 7 aromatic rings. The fraction of sp³-hybridized carbons (Fsp3) is 0. The Morgan fingerprint density at radius 3 is 1.68 bits per heavy atom. The number of nitrogens with one attached hydrogen (secondary N) is 1. The van der Waals surface area contributed by atoms with E-state index in [2.05, 4.69) is 151 Å². The first-order valence-corrected chi connectivity index (χ1v) is 13.7. The highest BCUT2D eigenvalue weighted by atomic mass is 32.1. The average molecular weight is 504 g/mol. The molecule has 1 nitrogen and oxygen atoms in total. The topological polar surface area (TPSA) is 12.0 Å². The Morgan fingerprint density at radius 2 is 1.00 bits per heavy atom. The number of fused-ring (bicyclic) bond motifs is 3. The van der Waals surface area contributed by atoms with Crippen LogP contribution in [0.4, 0.5) is 11.4 Å². The summed E-state index contributed by atoms with van der Waals surface area (Å²) in [6.07, 6.45) is 0. The van der Waals surface area contributed by atoms with Crippen molar-refractivity contribution >= 4 is 42.9 Å². The number of anilines is 2. The Kier molecular flexibility index (Phi) is 5.73. The minimum absolute atomic E-state index is 1.07. The Bertz CT molecular complexity index is 1850. The molecule has 0 aliphatic rings. The first-order valence-electron chi connectivity index (χ1n) is 12.9. The molecule has 0 atom stereocenters. The average Bonchev–Trinajstić information content (AvgIpc) is 3.37. The van der Waals surface area contributed by atoms with E-state index in [9.17, 15) is 0 Å². The van der Waals surface area contributed by atoms with Crippen molar-refractivity contribution in [1.29, 1.82) is 0 Å². The fourth-order valence-corrected chi connectivity index (χ4v) is 6.49. The zero-order valence-corrected chi connectivity index (χ0v) is 21.6. The normalized spacial score (nSPS) is 11.2. The van der Waals surface area contributed by atoms with Gasteiger partial charge in [-0.2, -0.15) is 0 Å². The van der Waals surface area contributed by atoms with E-state index < -0.39 is 0 Å². The molecule has 0 amide bonds. The van der Waals surface area contributed by atoms with E-state index in [4.69, 9.17) is 0 Å². The van der Waals surface area contributed by atoms with Gasteiger partial charge < -0.3 is 5.32 Å². The van der Waals surface area contributed by atoms with E-state index >= 15 is 0 Å². The van der Waals surface area contributed by atoms with Gasteiger partial charge in [-0.05, 0) is 46.5 Å². The summed E-state index contributed by atoms with van der Waals surface area (Å²) >= 11 is 1.87. The maximum Gasteiger partial charge on any atom is 0.0558 e. The van der Waals surface area contributed by atoms with Crippen molar-refractivity contribution < 1.29 is 0 Å². The molecule has 1 heterocycles. The van der Waals surface area contributed by atoms with Crippen LogP contribution in [0, 0.1) is 0 Å². The number of hydrogen-bond acceptors (Lipinski definition) is 2. The molecular formula is C36H25NS. The molecule has 0 spiro atoms. The monoisotopic (exact) mass is 503 g/mol. The minimum atomic E-state index is 1.07. The van der Waals surface area contributed by atoms with Crippen LogP contribution in [0.25, 0.3) is 53.6 Å². The zero-order chi connectivity index (χ0) is 25.3. The molecule has 0 saturated carbocycles. The van der Waals surface area contributed by atoms with Crippen molar-refractivity contribution in [2.24, 2.45) is 0 Å². The highest BCUT2D eigenvalue weighted by Crippen LogP contribution is 2.48. The van der Waals surface area contributed by atoms with Crippen LogP contribution in [-0.2, 0) is 0 Å². The lowest BCUT2D eigenvalue weighted by atomic mass is 9.93. The molecule has 38 heavy (non-hydrogen) atoms. The van der Waals surface area contributed by atoms with E-state index in [1.165, 1.54) is 53.6 Å². The van der Waals surface area contributed by atoms with Crippen molar-refractivity contribution in [2.45, 2.75) is 0 Å². The molecule has 0 radical (unpaired) electrons. The van der Waals surface area contributed by atoms with Gasteiger partial charge in [0.05, 0.1) is 5.69 Å². The van der Waals surface area contributed by atoms with Crippen LogP contribution in [0.1, 0.15) is 0 Å². The smallest absolute Gasteiger partial charge is 0.0558 e. The predicted molar refractivity (Wildman–Crippen MR) is 165 cm³/mol. The maximum atomic E-state index is 3.86. The van der Waals surface area contributed by atoms with Crippen LogP contribution < -0.4 is 5.32 Å². The number of rotatable bonds is 5. The molecule has 0 unspecified atom stereocenters. The summed E-state index contributed by atoms with van der Waals surface area (Å²) in [4.78, 5) is 0.